The second kappa shape index (κ2) is 3.77. The summed E-state index contributed by atoms with van der Waals surface area (Å²) in [5.74, 6) is 1.42. The van der Waals surface area contributed by atoms with Crippen molar-refractivity contribution in [3.63, 3.8) is 0 Å². The number of hydrogen-bond donors (Lipinski definition) is 0. The number of carbonyl (C=O) groups is 1. The van der Waals surface area contributed by atoms with Crippen molar-refractivity contribution in [3.8, 4) is 0 Å². The Balaban J connectivity index is 2.22. The van der Waals surface area contributed by atoms with Crippen molar-refractivity contribution in [1.82, 2.24) is 0 Å². The van der Waals surface area contributed by atoms with Crippen LogP contribution in [0.1, 0.15) is 52.9 Å². The van der Waals surface area contributed by atoms with Crippen molar-refractivity contribution in [2.75, 3.05) is 0 Å². The van der Waals surface area contributed by atoms with Crippen LogP contribution in [0.5, 0.6) is 0 Å². The summed E-state index contributed by atoms with van der Waals surface area (Å²) in [5, 5.41) is 0. The number of carbonyl (C=O) groups excluding carboxylic acids is 1. The summed E-state index contributed by atoms with van der Waals surface area (Å²) in [6.07, 6.45) is 8.39. The lowest BCUT2D eigenvalue weighted by Gasteiger charge is -2.31. The van der Waals surface area contributed by atoms with Crippen molar-refractivity contribution in [2.24, 2.45) is 17.3 Å². The Morgan fingerprint density at radius 3 is 2.87 bits per heavy atom. The molecule has 84 valence electrons. The minimum atomic E-state index is 0.356. The SMILES string of the molecule is CC(=O)[C@H]1CC[C@@]2(C)CC=C(C)CC[C@H]12. The fourth-order valence-electron chi connectivity index (χ4n) is 3.54. The third-order valence-electron chi connectivity index (χ3n) is 4.70. The summed E-state index contributed by atoms with van der Waals surface area (Å²) < 4.78 is 0. The van der Waals surface area contributed by atoms with Gasteiger partial charge in [-0.3, -0.25) is 4.79 Å². The molecule has 0 saturated heterocycles. The molecular formula is C14H22O. The first-order chi connectivity index (χ1) is 7.03. The van der Waals surface area contributed by atoms with E-state index in [1.165, 1.54) is 31.3 Å². The molecule has 0 spiro atoms. The molecule has 1 fully saturated rings. The lowest BCUT2D eigenvalue weighted by atomic mass is 9.73. The van der Waals surface area contributed by atoms with Gasteiger partial charge in [0, 0.05) is 5.92 Å². The molecule has 15 heavy (non-hydrogen) atoms. The van der Waals surface area contributed by atoms with Crippen molar-refractivity contribution in [1.29, 1.82) is 0 Å². The number of Topliss-reactive ketones (excluding diaryl/α,β-unsaturated/α-hetero) is 1. The van der Waals surface area contributed by atoms with Crippen molar-refractivity contribution in [2.45, 2.75) is 52.9 Å². The van der Waals surface area contributed by atoms with E-state index in [0.29, 0.717) is 23.0 Å². The highest BCUT2D eigenvalue weighted by molar-refractivity contribution is 5.79. The topological polar surface area (TPSA) is 17.1 Å². The van der Waals surface area contributed by atoms with Gasteiger partial charge in [-0.25, -0.2) is 0 Å². The van der Waals surface area contributed by atoms with E-state index in [1.807, 2.05) is 0 Å². The van der Waals surface area contributed by atoms with E-state index in [9.17, 15) is 4.79 Å². The predicted molar refractivity (Wildman–Crippen MR) is 62.6 cm³/mol. The fraction of sp³-hybridized carbons (Fsp3) is 0.786. The van der Waals surface area contributed by atoms with Gasteiger partial charge < -0.3 is 0 Å². The van der Waals surface area contributed by atoms with E-state index in [-0.39, 0.29) is 0 Å². The molecule has 0 aromatic carbocycles. The summed E-state index contributed by atoms with van der Waals surface area (Å²) in [7, 11) is 0. The van der Waals surface area contributed by atoms with Crippen molar-refractivity contribution in [3.05, 3.63) is 11.6 Å². The molecule has 0 unspecified atom stereocenters. The van der Waals surface area contributed by atoms with Crippen LogP contribution in [-0.2, 0) is 4.79 Å². The summed E-state index contributed by atoms with van der Waals surface area (Å²) in [6, 6.07) is 0. The van der Waals surface area contributed by atoms with Gasteiger partial charge in [0.1, 0.15) is 5.78 Å². The molecule has 0 heterocycles. The Morgan fingerprint density at radius 1 is 1.47 bits per heavy atom. The zero-order chi connectivity index (χ0) is 11.1. The molecule has 1 heteroatoms. The van der Waals surface area contributed by atoms with Gasteiger partial charge in [0.15, 0.2) is 0 Å². The van der Waals surface area contributed by atoms with Crippen LogP contribution in [0.4, 0.5) is 0 Å². The molecule has 0 aromatic rings. The van der Waals surface area contributed by atoms with Gasteiger partial charge in [-0.05, 0) is 57.3 Å². The van der Waals surface area contributed by atoms with Crippen LogP contribution in [-0.4, -0.2) is 5.78 Å². The highest BCUT2D eigenvalue weighted by atomic mass is 16.1. The van der Waals surface area contributed by atoms with Gasteiger partial charge in [-0.2, -0.15) is 0 Å². The summed E-state index contributed by atoms with van der Waals surface area (Å²) in [5.41, 5.74) is 1.93. The van der Waals surface area contributed by atoms with Gasteiger partial charge in [0.2, 0.25) is 0 Å². The average Bonchev–Trinajstić information content (AvgIpc) is 2.43. The molecule has 2 aliphatic carbocycles. The number of allylic oxidation sites excluding steroid dienone is 2. The van der Waals surface area contributed by atoms with Gasteiger partial charge >= 0.3 is 0 Å². The van der Waals surface area contributed by atoms with Gasteiger partial charge in [0.25, 0.3) is 0 Å². The molecule has 0 radical (unpaired) electrons. The van der Waals surface area contributed by atoms with Gasteiger partial charge in [0.05, 0.1) is 0 Å². The highest BCUT2D eigenvalue weighted by Crippen LogP contribution is 2.53. The Bertz CT molecular complexity index is 302. The molecule has 0 amide bonds. The second-order valence-electron chi connectivity index (χ2n) is 5.81. The number of rotatable bonds is 1. The minimum Gasteiger partial charge on any atom is -0.300 e. The van der Waals surface area contributed by atoms with Crippen LogP contribution in [0.25, 0.3) is 0 Å². The van der Waals surface area contributed by atoms with Crippen molar-refractivity contribution < 1.29 is 4.79 Å². The first-order valence-corrected chi connectivity index (χ1v) is 6.19. The van der Waals surface area contributed by atoms with E-state index < -0.39 is 0 Å². The molecule has 0 aromatic heterocycles. The zero-order valence-electron chi connectivity index (χ0n) is 10.2. The number of ketones is 1. The Kier molecular flexibility index (Phi) is 2.74. The standard InChI is InChI=1S/C14H22O/c1-10-4-5-13-12(11(2)15)7-9-14(13,3)8-6-10/h6,12-13H,4-5,7-9H2,1-3H3/t12-,13-,14-/m1/s1. The minimum absolute atomic E-state index is 0.356. The maximum Gasteiger partial charge on any atom is 0.133 e. The lowest BCUT2D eigenvalue weighted by molar-refractivity contribution is -0.122. The number of hydrogen-bond acceptors (Lipinski definition) is 1. The van der Waals surface area contributed by atoms with E-state index in [0.717, 1.165) is 6.42 Å². The maximum absolute atomic E-state index is 11.6. The van der Waals surface area contributed by atoms with E-state index in [4.69, 9.17) is 0 Å². The molecule has 2 aliphatic rings. The van der Waals surface area contributed by atoms with Crippen LogP contribution in [0.15, 0.2) is 11.6 Å². The molecule has 0 bridgehead atoms. The van der Waals surface area contributed by atoms with Crippen LogP contribution < -0.4 is 0 Å². The van der Waals surface area contributed by atoms with Crippen LogP contribution in [0, 0.1) is 17.3 Å². The number of fused-ring (bicyclic) bond motifs is 1. The molecule has 1 saturated carbocycles. The van der Waals surface area contributed by atoms with E-state index in [2.05, 4.69) is 19.9 Å². The first kappa shape index (κ1) is 10.9. The van der Waals surface area contributed by atoms with Crippen LogP contribution >= 0.6 is 0 Å². The predicted octanol–water partition coefficient (Wildman–Crippen LogP) is 3.74. The summed E-state index contributed by atoms with van der Waals surface area (Å²) >= 11 is 0. The van der Waals surface area contributed by atoms with Crippen LogP contribution in [0.3, 0.4) is 0 Å². The van der Waals surface area contributed by atoms with Crippen LogP contribution in [0.2, 0.25) is 0 Å². The Labute approximate surface area is 92.9 Å². The fourth-order valence-corrected chi connectivity index (χ4v) is 3.54. The largest absolute Gasteiger partial charge is 0.300 e. The smallest absolute Gasteiger partial charge is 0.133 e. The Morgan fingerprint density at radius 2 is 2.20 bits per heavy atom. The van der Waals surface area contributed by atoms with Crippen molar-refractivity contribution >= 4 is 5.78 Å². The summed E-state index contributed by atoms with van der Waals surface area (Å²) in [6.45, 7) is 6.39. The zero-order valence-corrected chi connectivity index (χ0v) is 10.2. The normalized spacial score (nSPS) is 40.6. The third-order valence-corrected chi connectivity index (χ3v) is 4.70. The third kappa shape index (κ3) is 1.89. The monoisotopic (exact) mass is 206 g/mol. The maximum atomic E-state index is 11.6. The van der Waals surface area contributed by atoms with E-state index >= 15 is 0 Å². The van der Waals surface area contributed by atoms with E-state index in [1.54, 1.807) is 6.92 Å². The average molecular weight is 206 g/mol. The lowest BCUT2D eigenvalue weighted by Crippen LogP contribution is -2.27. The highest BCUT2D eigenvalue weighted by Gasteiger charge is 2.46. The van der Waals surface area contributed by atoms with Gasteiger partial charge in [-0.1, -0.05) is 18.6 Å². The molecule has 1 nitrogen and oxygen atoms in total. The molecule has 0 aliphatic heterocycles. The Hall–Kier alpha value is -0.590. The first-order valence-electron chi connectivity index (χ1n) is 6.19. The second-order valence-corrected chi connectivity index (χ2v) is 5.81. The molecule has 2 rings (SSSR count). The molecule has 0 N–H and O–H groups in total. The quantitative estimate of drug-likeness (QED) is 0.597. The molecular weight excluding hydrogens is 184 g/mol. The van der Waals surface area contributed by atoms with Gasteiger partial charge in [-0.15, -0.1) is 0 Å². The molecule has 3 atom stereocenters. The summed E-state index contributed by atoms with van der Waals surface area (Å²) in [4.78, 5) is 11.6.